The van der Waals surface area contributed by atoms with Crippen LogP contribution in [-0.2, 0) is 11.2 Å². The van der Waals surface area contributed by atoms with E-state index in [0.717, 1.165) is 17.7 Å². The summed E-state index contributed by atoms with van der Waals surface area (Å²) >= 11 is 0. The van der Waals surface area contributed by atoms with E-state index in [4.69, 9.17) is 5.11 Å². The number of aryl methyl sites for hydroxylation is 1. The van der Waals surface area contributed by atoms with E-state index < -0.39 is 0 Å². The van der Waals surface area contributed by atoms with E-state index in [0.29, 0.717) is 24.8 Å². The second-order valence-electron chi connectivity index (χ2n) is 5.39. The molecule has 0 fully saturated rings. The Kier molecular flexibility index (Phi) is 4.96. The fraction of sp³-hybridized carbons (Fsp3) is 0.500. The number of hydrogen-bond donors (Lipinski definition) is 2. The quantitative estimate of drug-likeness (QED) is 0.863. The van der Waals surface area contributed by atoms with Crippen LogP contribution >= 0.6 is 0 Å². The summed E-state index contributed by atoms with van der Waals surface area (Å²) in [4.78, 5) is 25.5. The van der Waals surface area contributed by atoms with Crippen molar-refractivity contribution >= 4 is 17.5 Å². The molecule has 0 saturated heterocycles. The molecule has 1 aliphatic rings. The Morgan fingerprint density at radius 3 is 2.86 bits per heavy atom. The molecule has 21 heavy (non-hydrogen) atoms. The van der Waals surface area contributed by atoms with Crippen molar-refractivity contribution in [2.45, 2.75) is 38.6 Å². The lowest BCUT2D eigenvalue weighted by Gasteiger charge is -2.26. The van der Waals surface area contributed by atoms with Gasteiger partial charge in [0.1, 0.15) is 0 Å². The summed E-state index contributed by atoms with van der Waals surface area (Å²) in [5.74, 6) is -0.0219. The number of nitrogens with zero attached hydrogens (tertiary/aromatic N) is 1. The van der Waals surface area contributed by atoms with E-state index in [1.807, 2.05) is 19.1 Å². The zero-order valence-corrected chi connectivity index (χ0v) is 12.6. The Morgan fingerprint density at radius 1 is 1.43 bits per heavy atom. The molecule has 1 atom stereocenters. The van der Waals surface area contributed by atoms with E-state index in [9.17, 15) is 9.59 Å². The highest BCUT2D eigenvalue weighted by atomic mass is 16.3. The normalized spacial score (nSPS) is 15.6. The van der Waals surface area contributed by atoms with Crippen LogP contribution in [0.15, 0.2) is 18.2 Å². The van der Waals surface area contributed by atoms with Crippen molar-refractivity contribution in [3.8, 4) is 0 Å². The number of nitrogens with one attached hydrogen (secondary N) is 1. The van der Waals surface area contributed by atoms with Crippen LogP contribution in [0.2, 0.25) is 0 Å². The van der Waals surface area contributed by atoms with Gasteiger partial charge in [0, 0.05) is 37.4 Å². The van der Waals surface area contributed by atoms with Crippen LogP contribution in [0, 0.1) is 0 Å². The minimum absolute atomic E-state index is 0.0113. The van der Waals surface area contributed by atoms with Crippen molar-refractivity contribution in [3.63, 3.8) is 0 Å². The van der Waals surface area contributed by atoms with Gasteiger partial charge in [0.05, 0.1) is 0 Å². The third-order valence-electron chi connectivity index (χ3n) is 3.99. The first-order valence-corrected chi connectivity index (χ1v) is 7.38. The molecule has 0 radical (unpaired) electrons. The number of aliphatic hydroxyl groups excluding tert-OH is 1. The monoisotopic (exact) mass is 290 g/mol. The maximum atomic E-state index is 12.2. The van der Waals surface area contributed by atoms with E-state index in [1.54, 1.807) is 18.0 Å². The van der Waals surface area contributed by atoms with Crippen LogP contribution in [0.3, 0.4) is 0 Å². The zero-order chi connectivity index (χ0) is 15.4. The standard InChI is InChI=1S/C16H22N2O3/c1-3-13(8-9-19)17-16(21)12-4-6-14-11(10-12)5-7-15(20)18(14)2/h4,6,10,13,19H,3,5,7-9H2,1-2H3,(H,17,21). The maximum Gasteiger partial charge on any atom is 0.251 e. The molecule has 5 heteroatoms. The van der Waals surface area contributed by atoms with Gasteiger partial charge in [-0.25, -0.2) is 0 Å². The van der Waals surface area contributed by atoms with Crippen molar-refractivity contribution in [2.24, 2.45) is 0 Å². The minimum atomic E-state index is -0.127. The Morgan fingerprint density at radius 2 is 2.19 bits per heavy atom. The fourth-order valence-corrected chi connectivity index (χ4v) is 2.60. The second kappa shape index (κ2) is 6.72. The van der Waals surface area contributed by atoms with Crippen molar-refractivity contribution in [3.05, 3.63) is 29.3 Å². The first-order chi connectivity index (χ1) is 10.1. The number of fused-ring (bicyclic) bond motifs is 1. The molecule has 1 unspecified atom stereocenters. The Labute approximate surface area is 125 Å². The summed E-state index contributed by atoms with van der Waals surface area (Å²) in [6.07, 6.45) is 2.50. The zero-order valence-electron chi connectivity index (χ0n) is 12.6. The number of carbonyl (C=O) groups is 2. The minimum Gasteiger partial charge on any atom is -0.396 e. The van der Waals surface area contributed by atoms with Gasteiger partial charge in [-0.3, -0.25) is 9.59 Å². The van der Waals surface area contributed by atoms with Gasteiger partial charge < -0.3 is 15.3 Å². The highest BCUT2D eigenvalue weighted by molar-refractivity contribution is 5.99. The number of rotatable bonds is 5. The molecule has 1 heterocycles. The van der Waals surface area contributed by atoms with Gasteiger partial charge >= 0.3 is 0 Å². The molecule has 1 aromatic carbocycles. The number of anilines is 1. The third kappa shape index (κ3) is 3.42. The molecule has 2 rings (SSSR count). The summed E-state index contributed by atoms with van der Waals surface area (Å²) < 4.78 is 0. The Bertz CT molecular complexity index is 542. The first kappa shape index (κ1) is 15.5. The highest BCUT2D eigenvalue weighted by Gasteiger charge is 2.22. The lowest BCUT2D eigenvalue weighted by atomic mass is 9.98. The van der Waals surface area contributed by atoms with Gasteiger partial charge in [-0.05, 0) is 43.0 Å². The topological polar surface area (TPSA) is 69.6 Å². The smallest absolute Gasteiger partial charge is 0.251 e. The summed E-state index contributed by atoms with van der Waals surface area (Å²) in [5.41, 5.74) is 2.51. The second-order valence-corrected chi connectivity index (χ2v) is 5.39. The number of aliphatic hydroxyl groups is 1. The largest absolute Gasteiger partial charge is 0.396 e. The summed E-state index contributed by atoms with van der Waals surface area (Å²) in [6.45, 7) is 2.05. The lowest BCUT2D eigenvalue weighted by Crippen LogP contribution is -2.35. The van der Waals surface area contributed by atoms with E-state index in [2.05, 4.69) is 5.32 Å². The Balaban J connectivity index is 2.15. The first-order valence-electron chi connectivity index (χ1n) is 7.38. The van der Waals surface area contributed by atoms with Crippen LogP contribution in [0.1, 0.15) is 42.1 Å². The van der Waals surface area contributed by atoms with E-state index >= 15 is 0 Å². The summed E-state index contributed by atoms with van der Waals surface area (Å²) in [6, 6.07) is 5.42. The van der Waals surface area contributed by atoms with Gasteiger partial charge in [0.2, 0.25) is 5.91 Å². The van der Waals surface area contributed by atoms with Gasteiger partial charge in [-0.2, -0.15) is 0 Å². The fourth-order valence-electron chi connectivity index (χ4n) is 2.60. The Hall–Kier alpha value is -1.88. The molecule has 0 saturated carbocycles. The lowest BCUT2D eigenvalue weighted by molar-refractivity contribution is -0.118. The number of carbonyl (C=O) groups excluding carboxylic acids is 2. The van der Waals surface area contributed by atoms with Crippen LogP contribution in [-0.4, -0.2) is 36.6 Å². The third-order valence-corrected chi connectivity index (χ3v) is 3.99. The van der Waals surface area contributed by atoms with Crippen molar-refractivity contribution in [2.75, 3.05) is 18.6 Å². The molecule has 5 nitrogen and oxygen atoms in total. The number of benzene rings is 1. The SMILES string of the molecule is CCC(CCO)NC(=O)c1ccc2c(c1)CCC(=O)N2C. The number of hydrogen-bond acceptors (Lipinski definition) is 3. The molecular formula is C16H22N2O3. The summed E-state index contributed by atoms with van der Waals surface area (Å²) in [5, 5.41) is 11.9. The molecule has 1 aliphatic heterocycles. The molecule has 2 amide bonds. The number of amides is 2. The van der Waals surface area contributed by atoms with E-state index in [1.165, 1.54) is 0 Å². The van der Waals surface area contributed by atoms with Crippen molar-refractivity contribution < 1.29 is 14.7 Å². The predicted octanol–water partition coefficient (Wildman–Crippen LogP) is 1.49. The summed E-state index contributed by atoms with van der Waals surface area (Å²) in [7, 11) is 1.76. The van der Waals surface area contributed by atoms with Crippen molar-refractivity contribution in [1.82, 2.24) is 5.32 Å². The van der Waals surface area contributed by atoms with Crippen LogP contribution < -0.4 is 10.2 Å². The highest BCUT2D eigenvalue weighted by Crippen LogP contribution is 2.27. The van der Waals surface area contributed by atoms with Crippen LogP contribution in [0.25, 0.3) is 0 Å². The maximum absolute atomic E-state index is 12.2. The van der Waals surface area contributed by atoms with E-state index in [-0.39, 0.29) is 24.5 Å². The van der Waals surface area contributed by atoms with Gasteiger partial charge in [0.15, 0.2) is 0 Å². The molecule has 2 N–H and O–H groups in total. The molecule has 114 valence electrons. The van der Waals surface area contributed by atoms with Gasteiger partial charge in [0.25, 0.3) is 5.91 Å². The van der Waals surface area contributed by atoms with Gasteiger partial charge in [-0.1, -0.05) is 6.92 Å². The molecule has 0 bridgehead atoms. The van der Waals surface area contributed by atoms with Gasteiger partial charge in [-0.15, -0.1) is 0 Å². The molecule has 1 aromatic rings. The van der Waals surface area contributed by atoms with Crippen LogP contribution in [0.4, 0.5) is 5.69 Å². The predicted molar refractivity (Wildman–Crippen MR) is 81.4 cm³/mol. The molecule has 0 spiro atoms. The molecule has 0 aromatic heterocycles. The average molecular weight is 290 g/mol. The van der Waals surface area contributed by atoms with Crippen LogP contribution in [0.5, 0.6) is 0 Å². The molecule has 0 aliphatic carbocycles. The van der Waals surface area contributed by atoms with Crippen molar-refractivity contribution in [1.29, 1.82) is 0 Å². The molecular weight excluding hydrogens is 268 g/mol. The average Bonchev–Trinajstić information content (AvgIpc) is 2.50.